The molecule has 3 amide bonds. The van der Waals surface area contributed by atoms with Gasteiger partial charge in [0.25, 0.3) is 5.96 Å². The van der Waals surface area contributed by atoms with Crippen LogP contribution in [0.4, 0.5) is 0 Å². The molecular formula is C31H35N7O7. The average Bonchev–Trinajstić information content (AvgIpc) is 3.02. The largest absolute Gasteiger partial charge is 0.480 e. The summed E-state index contributed by atoms with van der Waals surface area (Å²) in [6.45, 7) is -0.155. The maximum atomic E-state index is 13.7. The van der Waals surface area contributed by atoms with Crippen LogP contribution in [0, 0.1) is 10.1 Å². The van der Waals surface area contributed by atoms with E-state index in [0.29, 0.717) is 12.0 Å². The lowest BCUT2D eigenvalue weighted by Gasteiger charge is -2.23. The predicted octanol–water partition coefficient (Wildman–Crippen LogP) is 1.24. The van der Waals surface area contributed by atoms with E-state index in [2.05, 4.69) is 26.4 Å². The zero-order valence-electron chi connectivity index (χ0n) is 24.3. The Balaban J connectivity index is 1.69. The molecule has 1 atom stereocenters. The number of amides is 3. The molecule has 3 aromatic carbocycles. The van der Waals surface area contributed by atoms with Crippen molar-refractivity contribution in [1.82, 2.24) is 21.3 Å². The minimum Gasteiger partial charge on any atom is -0.480 e. The summed E-state index contributed by atoms with van der Waals surface area (Å²) >= 11 is 0. The molecule has 45 heavy (non-hydrogen) atoms. The van der Waals surface area contributed by atoms with E-state index in [4.69, 9.17) is 10.8 Å². The molecule has 0 aliphatic heterocycles. The minimum atomic E-state index is -1.14. The summed E-state index contributed by atoms with van der Waals surface area (Å²) in [5.41, 5.74) is 8.39. The van der Waals surface area contributed by atoms with Crippen molar-refractivity contribution in [1.29, 1.82) is 0 Å². The number of carboxylic acid groups (broad SMARTS) is 1. The van der Waals surface area contributed by atoms with Gasteiger partial charge in [-0.25, -0.2) is 10.1 Å². The zero-order valence-corrected chi connectivity index (χ0v) is 24.3. The Labute approximate surface area is 259 Å². The number of hydrazone groups is 1. The lowest BCUT2D eigenvalue weighted by atomic mass is 9.90. The van der Waals surface area contributed by atoms with Gasteiger partial charge in [-0.15, -0.1) is 0 Å². The number of carboxylic acids is 1. The van der Waals surface area contributed by atoms with E-state index in [0.717, 1.165) is 16.7 Å². The SMILES string of the molecule is N/C(=N/[N+](=O)[O-])NCCC[C@@H](NC(=O)C(c1ccccc1)c1ccccc1)C(=O)NCc1ccc(CC(=O)NCC(=O)O)cc1. The van der Waals surface area contributed by atoms with E-state index < -0.39 is 41.3 Å². The van der Waals surface area contributed by atoms with Crippen LogP contribution < -0.4 is 27.0 Å². The summed E-state index contributed by atoms with van der Waals surface area (Å²) in [5.74, 6) is -3.43. The van der Waals surface area contributed by atoms with Crippen molar-refractivity contribution >= 4 is 29.7 Å². The second-order valence-corrected chi connectivity index (χ2v) is 9.99. The third-order valence-electron chi connectivity index (χ3n) is 6.62. The maximum absolute atomic E-state index is 13.7. The van der Waals surface area contributed by atoms with Crippen LogP contribution in [0.25, 0.3) is 0 Å². The van der Waals surface area contributed by atoms with E-state index >= 15 is 0 Å². The molecule has 0 aliphatic carbocycles. The monoisotopic (exact) mass is 617 g/mol. The molecule has 0 bridgehead atoms. The van der Waals surface area contributed by atoms with Gasteiger partial charge in [-0.1, -0.05) is 84.9 Å². The van der Waals surface area contributed by atoms with Gasteiger partial charge in [-0.05, 0) is 35.1 Å². The number of benzene rings is 3. The number of hydrogen-bond donors (Lipinski definition) is 6. The van der Waals surface area contributed by atoms with E-state index in [9.17, 15) is 29.3 Å². The second-order valence-electron chi connectivity index (χ2n) is 9.99. The Morgan fingerprint density at radius 1 is 0.822 bits per heavy atom. The number of rotatable bonds is 16. The minimum absolute atomic E-state index is 0.00292. The van der Waals surface area contributed by atoms with Crippen molar-refractivity contribution in [3.63, 3.8) is 0 Å². The highest BCUT2D eigenvalue weighted by atomic mass is 16.7. The molecule has 0 heterocycles. The van der Waals surface area contributed by atoms with Crippen LogP contribution in [-0.4, -0.2) is 58.9 Å². The summed E-state index contributed by atoms with van der Waals surface area (Å²) < 4.78 is 0. The van der Waals surface area contributed by atoms with Gasteiger partial charge in [-0.3, -0.25) is 19.2 Å². The third kappa shape index (κ3) is 11.8. The molecule has 0 spiro atoms. The first-order chi connectivity index (χ1) is 21.6. The molecule has 0 saturated carbocycles. The maximum Gasteiger partial charge on any atom is 0.322 e. The normalized spacial score (nSPS) is 11.7. The number of hydrogen-bond acceptors (Lipinski definition) is 6. The van der Waals surface area contributed by atoms with Crippen molar-refractivity contribution in [2.24, 2.45) is 10.8 Å². The fraction of sp³-hybridized carbons (Fsp3) is 0.258. The van der Waals surface area contributed by atoms with Crippen LogP contribution >= 0.6 is 0 Å². The smallest absolute Gasteiger partial charge is 0.322 e. The van der Waals surface area contributed by atoms with Crippen molar-refractivity contribution in [3.05, 3.63) is 117 Å². The van der Waals surface area contributed by atoms with Crippen LogP contribution in [0.2, 0.25) is 0 Å². The molecule has 14 nitrogen and oxygen atoms in total. The van der Waals surface area contributed by atoms with Gasteiger partial charge < -0.3 is 32.1 Å². The standard InChI is InChI=1S/C31H35N7O7/c32-31(37-38(44)45)33-17-7-12-25(36-30(43)28(23-8-3-1-4-9-23)24-10-5-2-6-11-24)29(42)35-19-22-15-13-21(14-16-22)18-26(39)34-20-27(40)41/h1-6,8-11,13-16,25,28H,7,12,17-20H2,(H,34,39)(H,35,42)(H,36,43)(H,40,41)(H3,32,33,37)/t25-/m1/s1. The molecule has 0 saturated heterocycles. The van der Waals surface area contributed by atoms with Crippen molar-refractivity contribution in [2.75, 3.05) is 13.1 Å². The Morgan fingerprint density at radius 3 is 1.96 bits per heavy atom. The zero-order chi connectivity index (χ0) is 32.6. The lowest BCUT2D eigenvalue weighted by Crippen LogP contribution is -2.48. The number of nitrogens with two attached hydrogens (primary N) is 1. The van der Waals surface area contributed by atoms with E-state index in [1.807, 2.05) is 60.7 Å². The van der Waals surface area contributed by atoms with Gasteiger partial charge in [-0.2, -0.15) is 0 Å². The number of guanidine groups is 1. The van der Waals surface area contributed by atoms with E-state index in [1.54, 1.807) is 24.3 Å². The highest BCUT2D eigenvalue weighted by Gasteiger charge is 2.27. The van der Waals surface area contributed by atoms with Crippen molar-refractivity contribution in [3.8, 4) is 0 Å². The summed E-state index contributed by atoms with van der Waals surface area (Å²) in [6, 6.07) is 24.3. The number of nitro groups is 1. The van der Waals surface area contributed by atoms with Gasteiger partial charge in [0.1, 0.15) is 17.7 Å². The van der Waals surface area contributed by atoms with Gasteiger partial charge in [0.2, 0.25) is 17.7 Å². The van der Waals surface area contributed by atoms with Crippen LogP contribution in [0.5, 0.6) is 0 Å². The number of nitrogens with one attached hydrogen (secondary N) is 4. The van der Waals surface area contributed by atoms with E-state index in [-0.39, 0.29) is 37.8 Å². The number of carbonyl (C=O) groups excluding carboxylic acids is 3. The first kappa shape index (κ1) is 33.7. The first-order valence-corrected chi connectivity index (χ1v) is 14.1. The molecule has 0 aliphatic rings. The van der Waals surface area contributed by atoms with Gasteiger partial charge in [0.15, 0.2) is 5.03 Å². The molecular weight excluding hydrogens is 582 g/mol. The topological polar surface area (TPSA) is 218 Å². The summed E-state index contributed by atoms with van der Waals surface area (Å²) in [4.78, 5) is 60.1. The number of nitrogens with zero attached hydrogens (tertiary/aromatic N) is 2. The average molecular weight is 618 g/mol. The van der Waals surface area contributed by atoms with Gasteiger partial charge in [0, 0.05) is 13.1 Å². The third-order valence-corrected chi connectivity index (χ3v) is 6.62. The molecule has 0 unspecified atom stereocenters. The quantitative estimate of drug-likeness (QED) is 0.0447. The molecule has 7 N–H and O–H groups in total. The predicted molar refractivity (Wildman–Crippen MR) is 165 cm³/mol. The lowest BCUT2D eigenvalue weighted by molar-refractivity contribution is -0.485. The fourth-order valence-corrected chi connectivity index (χ4v) is 4.47. The summed E-state index contributed by atoms with van der Waals surface area (Å²) in [7, 11) is 0. The molecule has 0 aromatic heterocycles. The van der Waals surface area contributed by atoms with E-state index in [1.165, 1.54) is 0 Å². The molecule has 14 heteroatoms. The molecule has 3 aromatic rings. The highest BCUT2D eigenvalue weighted by Crippen LogP contribution is 2.25. The Kier molecular flexibility index (Phi) is 13.0. The Morgan fingerprint density at radius 2 is 1.40 bits per heavy atom. The molecule has 0 fully saturated rings. The van der Waals surface area contributed by atoms with Crippen molar-refractivity contribution in [2.45, 2.75) is 37.8 Å². The first-order valence-electron chi connectivity index (χ1n) is 14.1. The molecule has 3 rings (SSSR count). The van der Waals surface area contributed by atoms with Crippen LogP contribution in [0.1, 0.15) is 41.0 Å². The summed E-state index contributed by atoms with van der Waals surface area (Å²) in [6.07, 6.45) is 0.520. The molecule has 0 radical (unpaired) electrons. The van der Waals surface area contributed by atoms with Crippen LogP contribution in [-0.2, 0) is 32.1 Å². The molecule has 236 valence electrons. The Hall–Kier alpha value is -5.79. The highest BCUT2D eigenvalue weighted by molar-refractivity contribution is 5.92. The van der Waals surface area contributed by atoms with Crippen LogP contribution in [0.3, 0.4) is 0 Å². The Bertz CT molecular complexity index is 1440. The van der Waals surface area contributed by atoms with Crippen LogP contribution in [0.15, 0.2) is 90.0 Å². The second kappa shape index (κ2) is 17.4. The van der Waals surface area contributed by atoms with Gasteiger partial charge in [0.05, 0.1) is 12.3 Å². The number of carbonyl (C=O) groups is 4. The van der Waals surface area contributed by atoms with Gasteiger partial charge >= 0.3 is 5.97 Å². The van der Waals surface area contributed by atoms with Crippen molar-refractivity contribution < 1.29 is 29.3 Å². The number of aliphatic carboxylic acids is 1. The summed E-state index contributed by atoms with van der Waals surface area (Å²) in [5, 5.41) is 31.9. The fourth-order valence-electron chi connectivity index (χ4n) is 4.47.